The minimum atomic E-state index is -0.00809. The van der Waals surface area contributed by atoms with Crippen LogP contribution in [0.3, 0.4) is 0 Å². The van der Waals surface area contributed by atoms with Crippen molar-refractivity contribution >= 4 is 46.4 Å². The van der Waals surface area contributed by atoms with Crippen LogP contribution >= 0.6 is 46.4 Å². The zero-order valence-corrected chi connectivity index (χ0v) is 14.6. The Bertz CT molecular complexity index is 647. The number of hydrogen-bond acceptors (Lipinski definition) is 3. The van der Waals surface area contributed by atoms with Crippen LogP contribution in [-0.4, -0.2) is 22.2 Å². The summed E-state index contributed by atoms with van der Waals surface area (Å²) in [7, 11) is 1.82. The summed E-state index contributed by atoms with van der Waals surface area (Å²) in [4.78, 5) is 1.86. The molecule has 0 aliphatic carbocycles. The molecule has 0 aliphatic heterocycles. The maximum absolute atomic E-state index is 9.97. The minimum Gasteiger partial charge on any atom is -0.506 e. The zero-order chi connectivity index (χ0) is 16.4. The lowest BCUT2D eigenvalue weighted by atomic mass is 10.1. The SMILES string of the molecule is CN(Cc1cc(Cl)cc(Cl)c1O)Cc1cc(Cl)cc(Cl)c1O. The molecule has 7 heteroatoms. The van der Waals surface area contributed by atoms with Gasteiger partial charge in [0.15, 0.2) is 0 Å². The van der Waals surface area contributed by atoms with Crippen molar-refractivity contribution in [3.63, 3.8) is 0 Å². The number of nitrogens with zero attached hydrogens (tertiary/aromatic N) is 1. The van der Waals surface area contributed by atoms with Gasteiger partial charge in [0.25, 0.3) is 0 Å². The quantitative estimate of drug-likeness (QED) is 0.751. The average molecular weight is 381 g/mol. The molecular weight excluding hydrogens is 368 g/mol. The highest BCUT2D eigenvalue weighted by Crippen LogP contribution is 2.34. The second-order valence-corrected chi connectivity index (χ2v) is 6.65. The predicted octanol–water partition coefficient (Wildman–Crippen LogP) is 5.34. The van der Waals surface area contributed by atoms with Gasteiger partial charge in [0.05, 0.1) is 10.0 Å². The molecule has 0 heterocycles. The first-order valence-corrected chi connectivity index (χ1v) is 7.81. The Morgan fingerprint density at radius 2 is 1.14 bits per heavy atom. The van der Waals surface area contributed by atoms with Crippen LogP contribution in [0.4, 0.5) is 0 Å². The Morgan fingerprint density at radius 1 is 0.773 bits per heavy atom. The van der Waals surface area contributed by atoms with Gasteiger partial charge in [0.2, 0.25) is 0 Å². The molecule has 0 unspecified atom stereocenters. The molecule has 0 bridgehead atoms. The van der Waals surface area contributed by atoms with E-state index in [1.165, 1.54) is 12.1 Å². The molecule has 0 spiro atoms. The Balaban J connectivity index is 2.19. The molecule has 0 aromatic heterocycles. The summed E-state index contributed by atoms with van der Waals surface area (Å²) in [5.74, 6) is -0.0162. The van der Waals surface area contributed by atoms with Crippen LogP contribution in [0.1, 0.15) is 11.1 Å². The van der Waals surface area contributed by atoms with E-state index in [2.05, 4.69) is 0 Å². The lowest BCUT2D eigenvalue weighted by Crippen LogP contribution is -2.17. The van der Waals surface area contributed by atoms with Gasteiger partial charge in [-0.05, 0) is 31.3 Å². The molecular formula is C15H13Cl4NO2. The van der Waals surface area contributed by atoms with Gasteiger partial charge in [-0.15, -0.1) is 0 Å². The molecule has 0 aliphatic rings. The molecule has 2 rings (SSSR count). The van der Waals surface area contributed by atoms with Crippen LogP contribution in [0.2, 0.25) is 20.1 Å². The maximum atomic E-state index is 9.97. The van der Waals surface area contributed by atoms with Gasteiger partial charge in [-0.25, -0.2) is 0 Å². The number of halogens is 4. The second kappa shape index (κ2) is 7.16. The summed E-state index contributed by atoms with van der Waals surface area (Å²) in [6.07, 6.45) is 0. The summed E-state index contributed by atoms with van der Waals surface area (Å²) in [6.45, 7) is 0.769. The predicted molar refractivity (Wildman–Crippen MR) is 91.4 cm³/mol. The number of benzene rings is 2. The number of phenolic OH excluding ortho intramolecular Hbond substituents is 2. The molecule has 2 aromatic rings. The van der Waals surface area contributed by atoms with Crippen molar-refractivity contribution < 1.29 is 10.2 Å². The fourth-order valence-corrected chi connectivity index (χ4v) is 3.19. The first-order chi connectivity index (χ1) is 10.3. The number of hydrogen-bond donors (Lipinski definition) is 2. The molecule has 0 radical (unpaired) electrons. The fourth-order valence-electron chi connectivity index (χ4n) is 2.12. The van der Waals surface area contributed by atoms with Crippen LogP contribution in [0.25, 0.3) is 0 Å². The summed E-state index contributed by atoms with van der Waals surface area (Å²) in [6, 6.07) is 6.24. The third-order valence-corrected chi connectivity index (χ3v) is 4.11. The van der Waals surface area contributed by atoms with E-state index in [1.807, 2.05) is 11.9 Å². The van der Waals surface area contributed by atoms with Crippen molar-refractivity contribution in [3.8, 4) is 11.5 Å². The molecule has 0 amide bonds. The van der Waals surface area contributed by atoms with E-state index in [9.17, 15) is 10.2 Å². The molecule has 118 valence electrons. The largest absolute Gasteiger partial charge is 0.506 e. The highest BCUT2D eigenvalue weighted by Gasteiger charge is 2.13. The smallest absolute Gasteiger partial charge is 0.138 e. The van der Waals surface area contributed by atoms with E-state index in [0.717, 1.165) is 0 Å². The summed E-state index contributed by atoms with van der Waals surface area (Å²) in [5.41, 5.74) is 1.18. The van der Waals surface area contributed by atoms with Crippen molar-refractivity contribution in [1.29, 1.82) is 0 Å². The summed E-state index contributed by atoms with van der Waals surface area (Å²) >= 11 is 23.7. The van der Waals surface area contributed by atoms with E-state index < -0.39 is 0 Å². The fraction of sp³-hybridized carbons (Fsp3) is 0.200. The van der Waals surface area contributed by atoms with Gasteiger partial charge in [-0.1, -0.05) is 46.4 Å². The normalized spacial score (nSPS) is 11.2. The first-order valence-electron chi connectivity index (χ1n) is 6.30. The number of rotatable bonds is 4. The minimum absolute atomic E-state index is 0.00809. The number of phenols is 2. The van der Waals surface area contributed by atoms with Crippen molar-refractivity contribution in [2.45, 2.75) is 13.1 Å². The Morgan fingerprint density at radius 3 is 1.50 bits per heavy atom. The van der Waals surface area contributed by atoms with Crippen LogP contribution < -0.4 is 0 Å². The van der Waals surface area contributed by atoms with E-state index in [4.69, 9.17) is 46.4 Å². The Hall–Kier alpha value is -0.840. The first kappa shape index (κ1) is 17.5. The van der Waals surface area contributed by atoms with Gasteiger partial charge in [-0.2, -0.15) is 0 Å². The zero-order valence-electron chi connectivity index (χ0n) is 11.6. The van der Waals surface area contributed by atoms with Crippen molar-refractivity contribution in [3.05, 3.63) is 55.5 Å². The molecule has 0 saturated carbocycles. The maximum Gasteiger partial charge on any atom is 0.138 e. The molecule has 3 nitrogen and oxygen atoms in total. The third-order valence-electron chi connectivity index (χ3n) is 3.09. The van der Waals surface area contributed by atoms with Crippen LogP contribution in [-0.2, 0) is 13.1 Å². The monoisotopic (exact) mass is 379 g/mol. The van der Waals surface area contributed by atoms with Gasteiger partial charge >= 0.3 is 0 Å². The van der Waals surface area contributed by atoms with Crippen LogP contribution in [0.5, 0.6) is 11.5 Å². The second-order valence-electron chi connectivity index (χ2n) is 4.96. The molecule has 0 saturated heterocycles. The lowest BCUT2D eigenvalue weighted by Gasteiger charge is -2.19. The average Bonchev–Trinajstić information content (AvgIpc) is 2.41. The van der Waals surface area contributed by atoms with Crippen LogP contribution in [0, 0.1) is 0 Å². The van der Waals surface area contributed by atoms with Gasteiger partial charge < -0.3 is 10.2 Å². The van der Waals surface area contributed by atoms with Crippen LogP contribution in [0.15, 0.2) is 24.3 Å². The van der Waals surface area contributed by atoms with Crippen molar-refractivity contribution in [2.75, 3.05) is 7.05 Å². The van der Waals surface area contributed by atoms with Gasteiger partial charge in [-0.3, -0.25) is 4.90 Å². The van der Waals surface area contributed by atoms with Crippen molar-refractivity contribution in [2.24, 2.45) is 0 Å². The highest BCUT2D eigenvalue weighted by molar-refractivity contribution is 6.36. The molecule has 2 aromatic carbocycles. The highest BCUT2D eigenvalue weighted by atomic mass is 35.5. The molecule has 22 heavy (non-hydrogen) atoms. The molecule has 0 fully saturated rings. The number of aromatic hydroxyl groups is 2. The standard InChI is InChI=1S/C15H13Cl4NO2/c1-20(6-8-2-10(16)4-12(18)14(8)21)7-9-3-11(17)5-13(19)15(9)22/h2-5,21-22H,6-7H2,1H3. The van der Waals surface area contributed by atoms with E-state index >= 15 is 0 Å². The van der Waals surface area contributed by atoms with Gasteiger partial charge in [0, 0.05) is 34.3 Å². The topological polar surface area (TPSA) is 43.7 Å². The lowest BCUT2D eigenvalue weighted by molar-refractivity contribution is 0.307. The van der Waals surface area contributed by atoms with E-state index in [0.29, 0.717) is 34.3 Å². The third kappa shape index (κ3) is 4.12. The Labute approximate surface area is 148 Å². The van der Waals surface area contributed by atoms with Gasteiger partial charge in [0.1, 0.15) is 11.5 Å². The molecule has 0 atom stereocenters. The summed E-state index contributed by atoms with van der Waals surface area (Å²) < 4.78 is 0. The molecule has 2 N–H and O–H groups in total. The van der Waals surface area contributed by atoms with E-state index in [1.54, 1.807) is 12.1 Å². The van der Waals surface area contributed by atoms with Crippen molar-refractivity contribution in [1.82, 2.24) is 4.90 Å². The Kier molecular flexibility index (Phi) is 5.70. The summed E-state index contributed by atoms with van der Waals surface area (Å²) in [5, 5.41) is 21.2. The van der Waals surface area contributed by atoms with E-state index in [-0.39, 0.29) is 21.5 Å².